The highest BCUT2D eigenvalue weighted by atomic mass is 16.3. The minimum Gasteiger partial charge on any atom is -0.393 e. The van der Waals surface area contributed by atoms with Gasteiger partial charge in [-0.15, -0.1) is 0 Å². The zero-order valence-corrected chi connectivity index (χ0v) is 16.0. The molecule has 4 nitrogen and oxygen atoms in total. The third-order valence-corrected chi connectivity index (χ3v) is 8.77. The molecule has 144 valence electrons. The Hall–Kier alpha value is -0.970. The van der Waals surface area contributed by atoms with Crippen LogP contribution in [0.3, 0.4) is 0 Å². The number of hydrogen-bond donors (Lipinski definition) is 3. The van der Waals surface area contributed by atoms with E-state index in [1.54, 1.807) is 0 Å². The lowest BCUT2D eigenvalue weighted by atomic mass is 9.45. The van der Waals surface area contributed by atoms with E-state index < -0.39 is 29.5 Å². The van der Waals surface area contributed by atoms with E-state index in [1.807, 2.05) is 6.92 Å². The second-order valence-corrected chi connectivity index (χ2v) is 9.75. The van der Waals surface area contributed by atoms with Crippen molar-refractivity contribution in [1.29, 1.82) is 0 Å². The van der Waals surface area contributed by atoms with E-state index in [-0.39, 0.29) is 17.3 Å². The van der Waals surface area contributed by atoms with Crippen LogP contribution < -0.4 is 0 Å². The maximum absolute atomic E-state index is 12.4. The predicted octanol–water partition coefficient (Wildman–Crippen LogP) is 2.77. The number of Topliss-reactive ketones (excluding diaryl/α,β-unsaturated/α-hetero) is 1. The normalized spacial score (nSPS) is 50.5. The van der Waals surface area contributed by atoms with Crippen molar-refractivity contribution in [3.63, 3.8) is 0 Å². The molecule has 4 rings (SSSR count). The standard InChI is InChI=1S/C22H32O4/c1-13-6-8-20(2)14(10-13)4-5-15-16-7-9-22(26,18(25)12-23)21(16,3)11-17(24)19(15)20/h10,15-17,19,23-24,26H,1,4-9,11-12H2,2-3H3/t15?,16?,17?,19?,20?,21?,22-/m0/s1. The molecule has 0 aromatic rings. The summed E-state index contributed by atoms with van der Waals surface area (Å²) in [6.45, 7) is 7.77. The Balaban J connectivity index is 1.74. The van der Waals surface area contributed by atoms with E-state index in [4.69, 9.17) is 0 Å². The van der Waals surface area contributed by atoms with Gasteiger partial charge < -0.3 is 15.3 Å². The summed E-state index contributed by atoms with van der Waals surface area (Å²) in [5, 5.41) is 31.8. The van der Waals surface area contributed by atoms with Crippen LogP contribution in [0.2, 0.25) is 0 Å². The molecule has 7 atom stereocenters. The Morgan fingerprint density at radius 1 is 1.27 bits per heavy atom. The molecule has 3 saturated carbocycles. The van der Waals surface area contributed by atoms with Crippen molar-refractivity contribution < 1.29 is 20.1 Å². The van der Waals surface area contributed by atoms with Crippen LogP contribution in [0.4, 0.5) is 0 Å². The third kappa shape index (κ3) is 2.15. The van der Waals surface area contributed by atoms with Crippen molar-refractivity contribution >= 4 is 5.78 Å². The van der Waals surface area contributed by atoms with Gasteiger partial charge in [-0.3, -0.25) is 4.79 Å². The molecular weight excluding hydrogens is 328 g/mol. The smallest absolute Gasteiger partial charge is 0.190 e. The molecule has 6 unspecified atom stereocenters. The first kappa shape index (κ1) is 18.4. The maximum Gasteiger partial charge on any atom is 0.190 e. The van der Waals surface area contributed by atoms with Crippen LogP contribution in [0.15, 0.2) is 23.8 Å². The van der Waals surface area contributed by atoms with Gasteiger partial charge in [0.1, 0.15) is 12.2 Å². The average molecular weight is 360 g/mol. The highest BCUT2D eigenvalue weighted by Crippen LogP contribution is 2.67. The first-order valence-electron chi connectivity index (χ1n) is 10.1. The molecule has 0 saturated heterocycles. The van der Waals surface area contributed by atoms with Gasteiger partial charge in [0.05, 0.1) is 6.10 Å². The van der Waals surface area contributed by atoms with Crippen molar-refractivity contribution in [3.8, 4) is 0 Å². The maximum atomic E-state index is 12.4. The van der Waals surface area contributed by atoms with Crippen molar-refractivity contribution in [2.24, 2.45) is 28.6 Å². The van der Waals surface area contributed by atoms with Gasteiger partial charge in [-0.2, -0.15) is 0 Å². The summed E-state index contributed by atoms with van der Waals surface area (Å²) >= 11 is 0. The van der Waals surface area contributed by atoms with Gasteiger partial charge in [-0.05, 0) is 68.1 Å². The first-order valence-corrected chi connectivity index (χ1v) is 10.1. The minimum absolute atomic E-state index is 0.00739. The molecular formula is C22H32O4. The van der Waals surface area contributed by atoms with Crippen LogP contribution in [-0.4, -0.2) is 39.4 Å². The number of ketones is 1. The molecule has 0 aliphatic heterocycles. The molecule has 0 bridgehead atoms. The van der Waals surface area contributed by atoms with Crippen LogP contribution in [0, 0.1) is 28.6 Å². The SMILES string of the molecule is C=C1C=C2CCC3C(C(O)CC4(C)C3CC[C@]4(O)C(=O)CO)C2(C)CC1. The number of rotatable bonds is 2. The molecule has 0 aromatic carbocycles. The molecule has 3 fully saturated rings. The Kier molecular flexibility index (Phi) is 4.08. The summed E-state index contributed by atoms with van der Waals surface area (Å²) in [5.74, 6) is 0.239. The summed E-state index contributed by atoms with van der Waals surface area (Å²) in [6, 6.07) is 0. The van der Waals surface area contributed by atoms with Crippen molar-refractivity contribution in [2.45, 2.75) is 70.5 Å². The van der Waals surface area contributed by atoms with Gasteiger partial charge >= 0.3 is 0 Å². The topological polar surface area (TPSA) is 77.8 Å². The number of aliphatic hydroxyl groups excluding tert-OH is 2. The Morgan fingerprint density at radius 2 is 2.00 bits per heavy atom. The molecule has 4 aliphatic rings. The zero-order chi connectivity index (χ0) is 18.9. The van der Waals surface area contributed by atoms with E-state index in [1.165, 1.54) is 11.1 Å². The highest BCUT2D eigenvalue weighted by Gasteiger charge is 2.68. The lowest BCUT2D eigenvalue weighted by molar-refractivity contribution is -0.181. The molecule has 0 aromatic heterocycles. The number of fused-ring (bicyclic) bond motifs is 5. The van der Waals surface area contributed by atoms with Crippen LogP contribution >= 0.6 is 0 Å². The van der Waals surface area contributed by atoms with E-state index in [0.29, 0.717) is 18.8 Å². The molecule has 4 aliphatic carbocycles. The fourth-order valence-electron chi connectivity index (χ4n) is 7.37. The number of carbonyl (C=O) groups is 1. The third-order valence-electron chi connectivity index (χ3n) is 8.77. The van der Waals surface area contributed by atoms with Gasteiger partial charge in [-0.1, -0.05) is 37.6 Å². The van der Waals surface area contributed by atoms with E-state index in [9.17, 15) is 20.1 Å². The van der Waals surface area contributed by atoms with Gasteiger partial charge in [0.2, 0.25) is 0 Å². The summed E-state index contributed by atoms with van der Waals surface area (Å²) in [5.41, 5.74) is 0.457. The summed E-state index contributed by atoms with van der Waals surface area (Å²) in [6.07, 6.45) is 7.38. The summed E-state index contributed by atoms with van der Waals surface area (Å²) < 4.78 is 0. The van der Waals surface area contributed by atoms with Crippen LogP contribution in [0.25, 0.3) is 0 Å². The highest BCUT2D eigenvalue weighted by molar-refractivity contribution is 5.89. The molecule has 26 heavy (non-hydrogen) atoms. The largest absolute Gasteiger partial charge is 0.393 e. The van der Waals surface area contributed by atoms with Gasteiger partial charge in [0.15, 0.2) is 5.78 Å². The molecule has 4 heteroatoms. The lowest BCUT2D eigenvalue weighted by Crippen LogP contribution is -2.61. The van der Waals surface area contributed by atoms with Crippen molar-refractivity contribution in [2.75, 3.05) is 6.61 Å². The quantitative estimate of drug-likeness (QED) is 0.708. The fraction of sp³-hybridized carbons (Fsp3) is 0.773. The average Bonchev–Trinajstić information content (AvgIpc) is 2.86. The lowest BCUT2D eigenvalue weighted by Gasteiger charge is -2.60. The van der Waals surface area contributed by atoms with E-state index in [0.717, 1.165) is 32.1 Å². The number of carbonyl (C=O) groups excluding carboxylic acids is 1. The molecule has 0 radical (unpaired) electrons. The zero-order valence-electron chi connectivity index (χ0n) is 16.0. The molecule has 3 N–H and O–H groups in total. The predicted molar refractivity (Wildman–Crippen MR) is 99.3 cm³/mol. The Bertz CT molecular complexity index is 682. The van der Waals surface area contributed by atoms with Gasteiger partial charge in [0.25, 0.3) is 0 Å². The summed E-state index contributed by atoms with van der Waals surface area (Å²) in [4.78, 5) is 12.4. The van der Waals surface area contributed by atoms with Crippen LogP contribution in [-0.2, 0) is 4.79 Å². The van der Waals surface area contributed by atoms with E-state index in [2.05, 4.69) is 19.6 Å². The van der Waals surface area contributed by atoms with Crippen molar-refractivity contribution in [1.82, 2.24) is 0 Å². The summed E-state index contributed by atoms with van der Waals surface area (Å²) in [7, 11) is 0. The fourth-order valence-corrected chi connectivity index (χ4v) is 7.37. The van der Waals surface area contributed by atoms with Crippen molar-refractivity contribution in [3.05, 3.63) is 23.8 Å². The molecule has 0 spiro atoms. The van der Waals surface area contributed by atoms with Crippen LogP contribution in [0.1, 0.15) is 58.8 Å². The van der Waals surface area contributed by atoms with E-state index >= 15 is 0 Å². The van der Waals surface area contributed by atoms with Gasteiger partial charge in [0, 0.05) is 5.41 Å². The number of hydrogen-bond acceptors (Lipinski definition) is 4. The van der Waals surface area contributed by atoms with Crippen LogP contribution in [0.5, 0.6) is 0 Å². The first-order chi connectivity index (χ1) is 12.2. The number of aliphatic hydroxyl groups is 3. The molecule has 0 amide bonds. The Morgan fingerprint density at radius 3 is 2.69 bits per heavy atom. The minimum atomic E-state index is -1.50. The Labute approximate surface area is 156 Å². The molecule has 0 heterocycles. The monoisotopic (exact) mass is 360 g/mol. The number of allylic oxidation sites excluding steroid dienone is 3. The second kappa shape index (κ2) is 5.76. The van der Waals surface area contributed by atoms with Gasteiger partial charge in [-0.25, -0.2) is 0 Å². The second-order valence-electron chi connectivity index (χ2n) is 9.75.